The maximum atomic E-state index is 14.0. The number of amides is 1. The van der Waals surface area contributed by atoms with Crippen molar-refractivity contribution in [3.8, 4) is 0 Å². The number of benzene rings is 1. The minimum absolute atomic E-state index is 0.0000402. The fourth-order valence-electron chi connectivity index (χ4n) is 4.74. The fourth-order valence-corrected chi connectivity index (χ4v) is 4.74. The Kier molecular flexibility index (Phi) is 3.89. The molecule has 1 aromatic rings. The smallest absolute Gasteiger partial charge is 0.230 e. The van der Waals surface area contributed by atoms with Crippen LogP contribution in [-0.2, 0) is 16.0 Å². The van der Waals surface area contributed by atoms with Crippen molar-refractivity contribution in [1.82, 2.24) is 0 Å². The van der Waals surface area contributed by atoms with Crippen molar-refractivity contribution < 1.29 is 18.4 Å². The Bertz CT molecular complexity index is 687. The standard InChI is InChI=1S/C19H21F2NO2/c20-14-9-16(21)15-5-2-6-22(17(15)10-14)19(24)13-7-11-3-1-4-12(8-13)18(11)23/h9-13H,1-8H2. The van der Waals surface area contributed by atoms with Crippen molar-refractivity contribution in [3.05, 3.63) is 29.3 Å². The molecular weight excluding hydrogens is 312 g/mol. The van der Waals surface area contributed by atoms with Crippen LogP contribution in [0.2, 0.25) is 0 Å². The molecule has 0 N–H and O–H groups in total. The summed E-state index contributed by atoms with van der Waals surface area (Å²) in [4.78, 5) is 26.8. The summed E-state index contributed by atoms with van der Waals surface area (Å²) in [6.07, 6.45) is 5.21. The first kappa shape index (κ1) is 15.7. The van der Waals surface area contributed by atoms with Gasteiger partial charge in [0.1, 0.15) is 17.4 Å². The van der Waals surface area contributed by atoms with Crippen molar-refractivity contribution in [3.63, 3.8) is 0 Å². The van der Waals surface area contributed by atoms with Crippen LogP contribution in [0.25, 0.3) is 0 Å². The second-order valence-corrected chi connectivity index (χ2v) is 7.37. The Balaban J connectivity index is 1.61. The summed E-state index contributed by atoms with van der Waals surface area (Å²) in [5, 5.41) is 0. The average Bonchev–Trinajstić information content (AvgIpc) is 2.53. The first-order valence-electron chi connectivity index (χ1n) is 8.87. The molecule has 5 heteroatoms. The molecule has 24 heavy (non-hydrogen) atoms. The van der Waals surface area contributed by atoms with E-state index in [2.05, 4.69) is 0 Å². The van der Waals surface area contributed by atoms with E-state index in [0.717, 1.165) is 25.3 Å². The number of carbonyl (C=O) groups excluding carboxylic acids is 2. The van der Waals surface area contributed by atoms with E-state index in [1.54, 1.807) is 4.90 Å². The van der Waals surface area contributed by atoms with Gasteiger partial charge in [0.05, 0.1) is 5.69 Å². The fraction of sp³-hybridized carbons (Fsp3) is 0.579. The van der Waals surface area contributed by atoms with Gasteiger partial charge >= 0.3 is 0 Å². The topological polar surface area (TPSA) is 37.4 Å². The number of ketones is 1. The first-order valence-corrected chi connectivity index (χ1v) is 8.87. The molecule has 3 aliphatic rings. The lowest BCUT2D eigenvalue weighted by atomic mass is 9.67. The van der Waals surface area contributed by atoms with E-state index in [4.69, 9.17) is 0 Å². The average molecular weight is 333 g/mol. The highest BCUT2D eigenvalue weighted by molar-refractivity contribution is 5.98. The number of rotatable bonds is 1. The Labute approximate surface area is 140 Å². The predicted molar refractivity (Wildman–Crippen MR) is 85.6 cm³/mol. The molecule has 0 aromatic heterocycles. The molecule has 1 aromatic carbocycles. The number of nitrogens with zero attached hydrogens (tertiary/aromatic N) is 1. The molecule has 4 rings (SSSR count). The van der Waals surface area contributed by atoms with E-state index in [1.807, 2.05) is 0 Å². The normalized spacial score (nSPS) is 29.3. The summed E-state index contributed by atoms with van der Waals surface area (Å²) < 4.78 is 27.7. The molecule has 3 nitrogen and oxygen atoms in total. The quantitative estimate of drug-likeness (QED) is 0.787. The Morgan fingerprint density at radius 1 is 1.08 bits per heavy atom. The van der Waals surface area contributed by atoms with Gasteiger partial charge in [-0.2, -0.15) is 0 Å². The maximum Gasteiger partial charge on any atom is 0.230 e. The van der Waals surface area contributed by atoms with Crippen LogP contribution in [0.3, 0.4) is 0 Å². The van der Waals surface area contributed by atoms with Gasteiger partial charge in [0.15, 0.2) is 0 Å². The Morgan fingerprint density at radius 3 is 2.50 bits per heavy atom. The monoisotopic (exact) mass is 333 g/mol. The number of hydrogen-bond donors (Lipinski definition) is 0. The second-order valence-electron chi connectivity index (χ2n) is 7.37. The predicted octanol–water partition coefficient (Wildman–Crippen LogP) is 3.64. The van der Waals surface area contributed by atoms with E-state index in [0.29, 0.717) is 49.3 Å². The molecular formula is C19H21F2NO2. The summed E-state index contributed by atoms with van der Waals surface area (Å²) in [5.41, 5.74) is 0.814. The van der Waals surface area contributed by atoms with Gasteiger partial charge in [0.2, 0.25) is 5.91 Å². The number of fused-ring (bicyclic) bond motifs is 3. The summed E-state index contributed by atoms with van der Waals surface area (Å²) in [5.74, 6) is -1.16. The number of carbonyl (C=O) groups is 2. The highest BCUT2D eigenvalue weighted by Gasteiger charge is 2.43. The zero-order valence-corrected chi connectivity index (χ0v) is 13.6. The molecule has 0 saturated heterocycles. The third-order valence-electron chi connectivity index (χ3n) is 5.90. The highest BCUT2D eigenvalue weighted by Crippen LogP contribution is 2.42. The minimum atomic E-state index is -0.651. The number of anilines is 1. The molecule has 1 aliphatic heterocycles. The van der Waals surface area contributed by atoms with Gasteiger partial charge in [0, 0.05) is 35.9 Å². The molecule has 2 saturated carbocycles. The molecule has 1 heterocycles. The van der Waals surface area contributed by atoms with E-state index in [-0.39, 0.29) is 23.7 Å². The van der Waals surface area contributed by atoms with Gasteiger partial charge in [-0.15, -0.1) is 0 Å². The van der Waals surface area contributed by atoms with Crippen LogP contribution in [0.1, 0.15) is 44.1 Å². The van der Waals surface area contributed by atoms with Crippen LogP contribution in [0.15, 0.2) is 12.1 Å². The molecule has 2 unspecified atom stereocenters. The first-order chi connectivity index (χ1) is 11.5. The zero-order valence-electron chi connectivity index (χ0n) is 13.6. The van der Waals surface area contributed by atoms with Crippen molar-refractivity contribution in [2.45, 2.75) is 44.9 Å². The van der Waals surface area contributed by atoms with E-state index >= 15 is 0 Å². The van der Waals surface area contributed by atoms with Crippen LogP contribution >= 0.6 is 0 Å². The van der Waals surface area contributed by atoms with Gasteiger partial charge in [-0.05, 0) is 44.6 Å². The lowest BCUT2D eigenvalue weighted by Crippen LogP contribution is -2.46. The second kappa shape index (κ2) is 5.94. The lowest BCUT2D eigenvalue weighted by molar-refractivity contribution is -0.136. The van der Waals surface area contributed by atoms with Crippen LogP contribution in [-0.4, -0.2) is 18.2 Å². The largest absolute Gasteiger partial charge is 0.312 e. The number of hydrogen-bond acceptors (Lipinski definition) is 2. The van der Waals surface area contributed by atoms with Gasteiger partial charge in [0.25, 0.3) is 0 Å². The summed E-state index contributed by atoms with van der Waals surface area (Å²) in [6.45, 7) is 0.495. The summed E-state index contributed by atoms with van der Waals surface area (Å²) in [7, 11) is 0. The number of halogens is 2. The minimum Gasteiger partial charge on any atom is -0.312 e. The highest BCUT2D eigenvalue weighted by atomic mass is 19.1. The molecule has 2 atom stereocenters. The van der Waals surface area contributed by atoms with Gasteiger partial charge < -0.3 is 4.90 Å². The van der Waals surface area contributed by atoms with E-state index < -0.39 is 11.6 Å². The Hall–Kier alpha value is -1.78. The molecule has 128 valence electrons. The van der Waals surface area contributed by atoms with E-state index in [1.165, 1.54) is 6.07 Å². The molecule has 2 bridgehead atoms. The molecule has 0 spiro atoms. The molecule has 0 radical (unpaired) electrons. The third-order valence-corrected chi connectivity index (χ3v) is 5.90. The number of Topliss-reactive ketones (excluding diaryl/α,β-unsaturated/α-hetero) is 1. The SMILES string of the molecule is O=C1C2CCCC1CC(C(=O)N1CCCc3c(F)cc(F)cc31)C2. The lowest BCUT2D eigenvalue weighted by Gasteiger charge is -2.40. The van der Waals surface area contributed by atoms with Gasteiger partial charge in [-0.3, -0.25) is 9.59 Å². The van der Waals surface area contributed by atoms with Gasteiger partial charge in [-0.25, -0.2) is 8.78 Å². The summed E-state index contributed by atoms with van der Waals surface area (Å²) >= 11 is 0. The van der Waals surface area contributed by atoms with Crippen LogP contribution < -0.4 is 4.90 Å². The van der Waals surface area contributed by atoms with Crippen LogP contribution in [0.4, 0.5) is 14.5 Å². The van der Waals surface area contributed by atoms with Crippen molar-refractivity contribution >= 4 is 17.4 Å². The zero-order chi connectivity index (χ0) is 16.8. The Morgan fingerprint density at radius 2 is 1.79 bits per heavy atom. The maximum absolute atomic E-state index is 14.0. The third kappa shape index (κ3) is 2.54. The molecule has 2 fully saturated rings. The summed E-state index contributed by atoms with van der Waals surface area (Å²) in [6, 6.07) is 2.15. The van der Waals surface area contributed by atoms with Gasteiger partial charge in [-0.1, -0.05) is 6.42 Å². The van der Waals surface area contributed by atoms with E-state index in [9.17, 15) is 18.4 Å². The van der Waals surface area contributed by atoms with Crippen molar-refractivity contribution in [2.24, 2.45) is 17.8 Å². The van der Waals surface area contributed by atoms with Crippen LogP contribution in [0, 0.1) is 29.4 Å². The molecule has 2 aliphatic carbocycles. The van der Waals surface area contributed by atoms with Crippen molar-refractivity contribution in [2.75, 3.05) is 11.4 Å². The molecule has 1 amide bonds. The van der Waals surface area contributed by atoms with Crippen molar-refractivity contribution in [1.29, 1.82) is 0 Å². The van der Waals surface area contributed by atoms with Crippen LogP contribution in [0.5, 0.6) is 0 Å².